The Kier molecular flexibility index (Phi) is 6.44. The predicted octanol–water partition coefficient (Wildman–Crippen LogP) is 2.29. The average molecular weight is 310 g/mol. The third-order valence-electron chi connectivity index (χ3n) is 2.76. The van der Waals surface area contributed by atoms with Crippen LogP contribution in [0, 0.1) is 0 Å². The summed E-state index contributed by atoms with van der Waals surface area (Å²) in [6.45, 7) is 9.42. The Hall–Kier alpha value is -1.12. The van der Waals surface area contributed by atoms with E-state index in [1.54, 1.807) is 12.1 Å². The zero-order valence-electron chi connectivity index (χ0n) is 12.6. The molecule has 4 nitrogen and oxygen atoms in total. The number of carboxylic acids is 1. The fourth-order valence-corrected chi connectivity index (χ4v) is 7.80. The van der Waals surface area contributed by atoms with Crippen LogP contribution in [-0.2, 0) is 4.12 Å². The van der Waals surface area contributed by atoms with Gasteiger partial charge in [-0.1, -0.05) is 0 Å². The molecule has 0 aliphatic heterocycles. The largest absolute Gasteiger partial charge is 0.545 e. The third kappa shape index (κ3) is 6.36. The van der Waals surface area contributed by atoms with Gasteiger partial charge in [-0.05, 0) is 68.5 Å². The van der Waals surface area contributed by atoms with Crippen LogP contribution in [0.25, 0.3) is 0 Å². The van der Waals surface area contributed by atoms with Gasteiger partial charge in [0.05, 0.1) is 12.6 Å². The Morgan fingerprint density at radius 1 is 1.25 bits per heavy atom. The first-order valence-electron chi connectivity index (χ1n) is 6.73. The van der Waals surface area contributed by atoms with Gasteiger partial charge in [-0.15, -0.1) is 0 Å². The van der Waals surface area contributed by atoms with Crippen molar-refractivity contribution in [2.45, 2.75) is 38.7 Å². The van der Waals surface area contributed by atoms with Gasteiger partial charge in [0.2, 0.25) is 0 Å². The van der Waals surface area contributed by atoms with Crippen molar-refractivity contribution in [3.05, 3.63) is 29.8 Å². The summed E-state index contributed by atoms with van der Waals surface area (Å²) in [5, 5.41) is 10.6. The summed E-state index contributed by atoms with van der Waals surface area (Å²) in [5.41, 5.74) is 0.167. The van der Waals surface area contributed by atoms with Crippen molar-refractivity contribution in [1.82, 2.24) is 0 Å². The monoisotopic (exact) mass is 310 g/mol. The highest BCUT2D eigenvalue weighted by atomic mass is 28.4. The van der Waals surface area contributed by atoms with Crippen molar-refractivity contribution in [3.63, 3.8) is 0 Å². The molecule has 0 aromatic heterocycles. The lowest BCUT2D eigenvalue weighted by Gasteiger charge is -2.25. The summed E-state index contributed by atoms with van der Waals surface area (Å²) < 4.78 is 11.6. The average Bonchev–Trinajstić information content (AvgIpc) is 2.33. The summed E-state index contributed by atoms with van der Waals surface area (Å²) >= 11 is 0. The Labute approximate surface area is 123 Å². The fraction of sp³-hybridized carbons (Fsp3) is 0.500. The number of carboxylic acid groups (broad SMARTS) is 1. The van der Waals surface area contributed by atoms with Crippen LogP contribution in [0.15, 0.2) is 24.3 Å². The summed E-state index contributed by atoms with van der Waals surface area (Å²) in [4.78, 5) is 10.6. The lowest BCUT2D eigenvalue weighted by Crippen LogP contribution is -2.35. The maximum absolute atomic E-state index is 10.6. The first-order valence-corrected chi connectivity index (χ1v) is 12.3. The van der Waals surface area contributed by atoms with E-state index in [9.17, 15) is 9.90 Å². The minimum Gasteiger partial charge on any atom is -0.545 e. The molecule has 0 aliphatic rings. The van der Waals surface area contributed by atoms with E-state index in [2.05, 4.69) is 26.2 Å². The minimum atomic E-state index is -1.55. The molecule has 1 aromatic rings. The second-order valence-electron chi connectivity index (χ2n) is 5.53. The van der Waals surface area contributed by atoms with Crippen molar-refractivity contribution in [1.29, 1.82) is 0 Å². The summed E-state index contributed by atoms with van der Waals surface area (Å²) in [7, 11) is -2.18. The summed E-state index contributed by atoms with van der Waals surface area (Å²) in [6.07, 6.45) is 0.955. The van der Waals surface area contributed by atoms with Gasteiger partial charge in [0.15, 0.2) is 17.4 Å². The molecule has 0 saturated heterocycles. The van der Waals surface area contributed by atoms with Gasteiger partial charge in [0.25, 0.3) is 0 Å². The van der Waals surface area contributed by atoms with Gasteiger partial charge in [-0.3, -0.25) is 0 Å². The van der Waals surface area contributed by atoms with Gasteiger partial charge in [0, 0.05) is 0 Å². The van der Waals surface area contributed by atoms with Crippen LogP contribution in [0.1, 0.15) is 16.8 Å². The van der Waals surface area contributed by atoms with Crippen molar-refractivity contribution in [3.8, 4) is 5.75 Å². The van der Waals surface area contributed by atoms with Crippen LogP contribution >= 0.6 is 0 Å². The number of aromatic carboxylic acids is 1. The smallest absolute Gasteiger partial charge is 0.191 e. The number of hydrogen-bond acceptors (Lipinski definition) is 4. The Morgan fingerprint density at radius 3 is 2.35 bits per heavy atom. The van der Waals surface area contributed by atoms with Crippen molar-refractivity contribution < 1.29 is 18.8 Å². The molecule has 0 fully saturated rings. The van der Waals surface area contributed by atoms with Gasteiger partial charge in [-0.2, -0.15) is 0 Å². The van der Waals surface area contributed by atoms with E-state index in [4.69, 9.17) is 8.85 Å². The molecular weight excluding hydrogens is 288 g/mol. The molecule has 20 heavy (non-hydrogen) atoms. The standard InChI is InChI=1S/C14H23O4Si2/c1-19(2)18-20(3,4)11-5-10-17-13-8-6-12(7-9-13)14(15)16/h6-9H,5,10-11H2,1-4H3,(H,15,16)/p-1. The van der Waals surface area contributed by atoms with Crippen molar-refractivity contribution >= 4 is 23.3 Å². The van der Waals surface area contributed by atoms with E-state index >= 15 is 0 Å². The Morgan fingerprint density at radius 2 is 1.85 bits per heavy atom. The molecule has 0 bridgehead atoms. The van der Waals surface area contributed by atoms with E-state index in [-0.39, 0.29) is 5.56 Å². The lowest BCUT2D eigenvalue weighted by atomic mass is 10.2. The fourth-order valence-electron chi connectivity index (χ4n) is 1.98. The van der Waals surface area contributed by atoms with Crippen LogP contribution in [0.3, 0.4) is 0 Å². The quantitative estimate of drug-likeness (QED) is 0.546. The van der Waals surface area contributed by atoms with E-state index < -0.39 is 23.3 Å². The predicted molar refractivity (Wildman–Crippen MR) is 81.7 cm³/mol. The van der Waals surface area contributed by atoms with Crippen LogP contribution in [0.2, 0.25) is 32.2 Å². The maximum atomic E-state index is 10.6. The minimum absolute atomic E-state index is 0.167. The second-order valence-corrected chi connectivity index (χ2v) is 12.2. The number of benzene rings is 1. The number of carbonyl (C=O) groups is 1. The van der Waals surface area contributed by atoms with Gasteiger partial charge < -0.3 is 18.8 Å². The van der Waals surface area contributed by atoms with Crippen LogP contribution in [-0.4, -0.2) is 29.9 Å². The number of hydrogen-bond donors (Lipinski definition) is 0. The topological polar surface area (TPSA) is 58.6 Å². The number of rotatable bonds is 8. The van der Waals surface area contributed by atoms with Gasteiger partial charge in [0.1, 0.15) is 5.75 Å². The molecule has 0 saturated carbocycles. The molecule has 0 unspecified atom stereocenters. The van der Waals surface area contributed by atoms with E-state index in [1.165, 1.54) is 12.1 Å². The van der Waals surface area contributed by atoms with E-state index in [0.717, 1.165) is 12.5 Å². The normalized spacial score (nSPS) is 11.7. The Balaban J connectivity index is 2.32. The molecule has 0 atom stereocenters. The second kappa shape index (κ2) is 7.61. The highest BCUT2D eigenvalue weighted by molar-refractivity contribution is 6.77. The lowest BCUT2D eigenvalue weighted by molar-refractivity contribution is -0.255. The summed E-state index contributed by atoms with van der Waals surface area (Å²) in [6, 6.07) is 7.37. The highest BCUT2D eigenvalue weighted by Gasteiger charge is 2.23. The van der Waals surface area contributed by atoms with Crippen molar-refractivity contribution in [2.24, 2.45) is 0 Å². The molecule has 1 radical (unpaired) electrons. The van der Waals surface area contributed by atoms with E-state index in [1.807, 2.05) is 0 Å². The molecule has 0 aliphatic carbocycles. The number of ether oxygens (including phenoxy) is 1. The van der Waals surface area contributed by atoms with Gasteiger partial charge >= 0.3 is 0 Å². The van der Waals surface area contributed by atoms with Crippen LogP contribution in [0.4, 0.5) is 0 Å². The van der Waals surface area contributed by atoms with Crippen LogP contribution < -0.4 is 9.84 Å². The molecule has 0 amide bonds. The Bertz CT molecular complexity index is 429. The molecule has 6 heteroatoms. The molecule has 1 aromatic carbocycles. The van der Waals surface area contributed by atoms with Crippen molar-refractivity contribution in [2.75, 3.05) is 6.61 Å². The molecule has 0 N–H and O–H groups in total. The highest BCUT2D eigenvalue weighted by Crippen LogP contribution is 2.17. The maximum Gasteiger partial charge on any atom is 0.191 e. The summed E-state index contributed by atoms with van der Waals surface area (Å²) in [5.74, 6) is -0.482. The number of carbonyl (C=O) groups excluding carboxylic acids is 1. The first kappa shape index (κ1) is 16.9. The molecule has 0 spiro atoms. The molecule has 111 valence electrons. The molecule has 0 heterocycles. The zero-order chi connectivity index (χ0) is 15.2. The van der Waals surface area contributed by atoms with Gasteiger partial charge in [-0.25, -0.2) is 0 Å². The van der Waals surface area contributed by atoms with Crippen LogP contribution in [0.5, 0.6) is 5.75 Å². The zero-order valence-corrected chi connectivity index (χ0v) is 14.6. The first-order chi connectivity index (χ1) is 9.30. The third-order valence-corrected chi connectivity index (χ3v) is 8.16. The SMILES string of the molecule is C[Si](C)O[Si](C)(C)CCCOc1ccc(C(=O)[O-])cc1. The molecule has 1 rings (SSSR count). The van der Waals surface area contributed by atoms with E-state index in [0.29, 0.717) is 12.4 Å². The molecular formula is C14H22O4Si2-.